The maximum atomic E-state index is 12.1. The van der Waals surface area contributed by atoms with E-state index in [-0.39, 0.29) is 31.8 Å². The molecule has 0 spiro atoms. The lowest BCUT2D eigenvalue weighted by atomic mass is 10.0. The zero-order valence-electron chi connectivity index (χ0n) is 14.8. The normalized spacial score (nSPS) is 19.8. The number of aliphatic carboxylic acids is 1. The van der Waals surface area contributed by atoms with Gasteiger partial charge in [-0.3, -0.25) is 4.79 Å². The second-order valence-corrected chi connectivity index (χ2v) is 5.91. The highest BCUT2D eigenvalue weighted by Gasteiger charge is 2.25. The molecule has 1 aliphatic heterocycles. The number of carboxylic acids is 1. The SMILES string of the molecule is CCCOCC(O)C=C[C@H]1CCCC(=O)N1CC=CCOCC(=O)O. The first-order valence-electron chi connectivity index (χ1n) is 8.72. The number of piperidine rings is 1. The number of hydrogen-bond donors (Lipinski definition) is 2. The van der Waals surface area contributed by atoms with Crippen molar-refractivity contribution >= 4 is 11.9 Å². The zero-order chi connectivity index (χ0) is 18.5. The average Bonchev–Trinajstić information content (AvgIpc) is 2.57. The molecule has 0 radical (unpaired) electrons. The van der Waals surface area contributed by atoms with Crippen molar-refractivity contribution in [1.82, 2.24) is 4.90 Å². The number of carboxylic acid groups (broad SMARTS) is 1. The number of carbonyl (C=O) groups excluding carboxylic acids is 1. The van der Waals surface area contributed by atoms with Crippen LogP contribution < -0.4 is 0 Å². The summed E-state index contributed by atoms with van der Waals surface area (Å²) >= 11 is 0. The molecule has 1 heterocycles. The standard InChI is InChI=1S/C18H29NO6/c1-2-11-24-13-16(20)9-8-15-6-5-7-17(21)19(15)10-3-4-12-25-14-18(22)23/h3-4,8-9,15-16,20H,2,5-7,10-14H2,1H3,(H,22,23)/t15-,16?/m1/s1. The van der Waals surface area contributed by atoms with Crippen LogP contribution in [-0.4, -0.2) is 72.1 Å². The topological polar surface area (TPSA) is 96.3 Å². The minimum atomic E-state index is -1.01. The van der Waals surface area contributed by atoms with Crippen molar-refractivity contribution in [2.75, 3.05) is 33.0 Å². The van der Waals surface area contributed by atoms with E-state index in [2.05, 4.69) is 0 Å². The fourth-order valence-corrected chi connectivity index (χ4v) is 2.52. The van der Waals surface area contributed by atoms with Gasteiger partial charge >= 0.3 is 5.97 Å². The van der Waals surface area contributed by atoms with Crippen LogP contribution in [0, 0.1) is 0 Å². The molecule has 2 N–H and O–H groups in total. The van der Waals surface area contributed by atoms with E-state index < -0.39 is 12.1 Å². The monoisotopic (exact) mass is 355 g/mol. The van der Waals surface area contributed by atoms with Gasteiger partial charge in [0.25, 0.3) is 0 Å². The molecule has 0 bridgehead atoms. The van der Waals surface area contributed by atoms with Crippen molar-refractivity contribution in [1.29, 1.82) is 0 Å². The van der Waals surface area contributed by atoms with Gasteiger partial charge in [0.05, 0.1) is 25.4 Å². The molecule has 1 rings (SSSR count). The molecule has 0 aromatic rings. The molecular weight excluding hydrogens is 326 g/mol. The summed E-state index contributed by atoms with van der Waals surface area (Å²) < 4.78 is 10.2. The Hall–Kier alpha value is -1.70. The second-order valence-electron chi connectivity index (χ2n) is 5.91. The molecular formula is C18H29NO6. The molecule has 1 aliphatic rings. The first-order valence-corrected chi connectivity index (χ1v) is 8.72. The Morgan fingerprint density at radius 1 is 1.40 bits per heavy atom. The van der Waals surface area contributed by atoms with Crippen LogP contribution in [0.25, 0.3) is 0 Å². The van der Waals surface area contributed by atoms with Crippen LogP contribution in [0.4, 0.5) is 0 Å². The van der Waals surface area contributed by atoms with E-state index in [4.69, 9.17) is 14.6 Å². The van der Waals surface area contributed by atoms with Crippen molar-refractivity contribution in [3.63, 3.8) is 0 Å². The Labute approximate surface area is 148 Å². The van der Waals surface area contributed by atoms with Gasteiger partial charge in [-0.2, -0.15) is 0 Å². The molecule has 7 nitrogen and oxygen atoms in total. The molecule has 7 heteroatoms. The lowest BCUT2D eigenvalue weighted by molar-refractivity contribution is -0.141. The fourth-order valence-electron chi connectivity index (χ4n) is 2.52. The summed E-state index contributed by atoms with van der Waals surface area (Å²) in [5.74, 6) is -0.931. The van der Waals surface area contributed by atoms with Gasteiger partial charge in [0.2, 0.25) is 5.91 Å². The predicted octanol–water partition coefficient (Wildman–Crippen LogP) is 1.37. The maximum absolute atomic E-state index is 12.1. The Bertz CT molecular complexity index is 462. The van der Waals surface area contributed by atoms with E-state index in [1.165, 1.54) is 0 Å². The number of rotatable bonds is 12. The number of hydrogen-bond acceptors (Lipinski definition) is 5. The maximum Gasteiger partial charge on any atom is 0.329 e. The van der Waals surface area contributed by atoms with Crippen LogP contribution in [0.3, 0.4) is 0 Å². The molecule has 1 saturated heterocycles. The number of amides is 1. The van der Waals surface area contributed by atoms with Gasteiger partial charge in [0.1, 0.15) is 6.61 Å². The van der Waals surface area contributed by atoms with Gasteiger partial charge < -0.3 is 24.6 Å². The van der Waals surface area contributed by atoms with E-state index in [1.807, 2.05) is 13.0 Å². The van der Waals surface area contributed by atoms with Crippen molar-refractivity contribution in [2.24, 2.45) is 0 Å². The van der Waals surface area contributed by atoms with Gasteiger partial charge in [-0.05, 0) is 19.3 Å². The summed E-state index contributed by atoms with van der Waals surface area (Å²) in [7, 11) is 0. The van der Waals surface area contributed by atoms with Crippen LogP contribution in [-0.2, 0) is 19.1 Å². The van der Waals surface area contributed by atoms with E-state index in [9.17, 15) is 14.7 Å². The van der Waals surface area contributed by atoms with Crippen molar-refractivity contribution in [3.05, 3.63) is 24.3 Å². The van der Waals surface area contributed by atoms with Crippen LogP contribution >= 0.6 is 0 Å². The predicted molar refractivity (Wildman–Crippen MR) is 93.2 cm³/mol. The summed E-state index contributed by atoms with van der Waals surface area (Å²) in [5, 5.41) is 18.4. The first-order chi connectivity index (χ1) is 12.0. The number of likely N-dealkylation sites (tertiary alicyclic amines) is 1. The van der Waals surface area contributed by atoms with E-state index in [0.29, 0.717) is 19.6 Å². The Morgan fingerprint density at radius 3 is 2.92 bits per heavy atom. The molecule has 142 valence electrons. The third-order valence-corrected chi connectivity index (χ3v) is 3.71. The largest absolute Gasteiger partial charge is 0.480 e. The molecule has 0 aliphatic carbocycles. The highest BCUT2D eigenvalue weighted by Crippen LogP contribution is 2.19. The van der Waals surface area contributed by atoms with Gasteiger partial charge in [-0.15, -0.1) is 0 Å². The quantitative estimate of drug-likeness (QED) is 0.405. The lowest BCUT2D eigenvalue weighted by Gasteiger charge is -2.33. The summed E-state index contributed by atoms with van der Waals surface area (Å²) in [5.41, 5.74) is 0. The second kappa shape index (κ2) is 12.6. The molecule has 2 atom stereocenters. The number of aliphatic hydroxyl groups excluding tert-OH is 1. The third kappa shape index (κ3) is 9.38. The van der Waals surface area contributed by atoms with E-state index in [0.717, 1.165) is 19.3 Å². The highest BCUT2D eigenvalue weighted by molar-refractivity contribution is 5.77. The molecule has 1 fully saturated rings. The summed E-state index contributed by atoms with van der Waals surface area (Å²) in [6.45, 7) is 3.18. The van der Waals surface area contributed by atoms with Crippen LogP contribution in [0.5, 0.6) is 0 Å². The summed E-state index contributed by atoms with van der Waals surface area (Å²) in [6, 6.07) is -0.0494. The van der Waals surface area contributed by atoms with Gasteiger partial charge in [0, 0.05) is 19.6 Å². The van der Waals surface area contributed by atoms with Crippen LogP contribution in [0.1, 0.15) is 32.6 Å². The van der Waals surface area contributed by atoms with Gasteiger partial charge in [-0.1, -0.05) is 31.2 Å². The van der Waals surface area contributed by atoms with Crippen molar-refractivity contribution in [2.45, 2.75) is 44.8 Å². The number of nitrogens with zero attached hydrogens (tertiary/aromatic N) is 1. The van der Waals surface area contributed by atoms with Crippen molar-refractivity contribution < 1.29 is 29.3 Å². The van der Waals surface area contributed by atoms with Gasteiger partial charge in [0.15, 0.2) is 0 Å². The number of carbonyl (C=O) groups is 2. The first kappa shape index (κ1) is 21.3. The number of aliphatic hydroxyl groups is 1. The Balaban J connectivity index is 2.45. The third-order valence-electron chi connectivity index (χ3n) is 3.71. The Kier molecular flexibility index (Phi) is 10.8. The van der Waals surface area contributed by atoms with Crippen LogP contribution in [0.15, 0.2) is 24.3 Å². The van der Waals surface area contributed by atoms with Gasteiger partial charge in [-0.25, -0.2) is 4.79 Å². The van der Waals surface area contributed by atoms with Crippen LogP contribution in [0.2, 0.25) is 0 Å². The molecule has 1 unspecified atom stereocenters. The van der Waals surface area contributed by atoms with Crippen molar-refractivity contribution in [3.8, 4) is 0 Å². The summed E-state index contributed by atoms with van der Waals surface area (Å²) in [6.07, 6.45) is 9.50. The van der Waals surface area contributed by atoms with E-state index >= 15 is 0 Å². The molecule has 25 heavy (non-hydrogen) atoms. The molecule has 0 saturated carbocycles. The average molecular weight is 355 g/mol. The lowest BCUT2D eigenvalue weighted by Crippen LogP contribution is -2.42. The molecule has 1 amide bonds. The zero-order valence-corrected chi connectivity index (χ0v) is 14.8. The smallest absolute Gasteiger partial charge is 0.329 e. The summed E-state index contributed by atoms with van der Waals surface area (Å²) in [4.78, 5) is 24.2. The van der Waals surface area contributed by atoms with E-state index in [1.54, 1.807) is 23.1 Å². The number of ether oxygens (including phenoxy) is 2. The minimum Gasteiger partial charge on any atom is -0.480 e. The fraction of sp³-hybridized carbons (Fsp3) is 0.667. The molecule has 0 aromatic carbocycles. The molecule has 0 aromatic heterocycles. The minimum absolute atomic E-state index is 0.0494. The highest BCUT2D eigenvalue weighted by atomic mass is 16.5. The Morgan fingerprint density at radius 2 is 2.20 bits per heavy atom.